The third-order valence-electron chi connectivity index (χ3n) is 24.6. The molecule has 6 aromatic rings. The van der Waals surface area contributed by atoms with Gasteiger partial charge in [-0.15, -0.1) is 0 Å². The number of anilines is 3. The van der Waals surface area contributed by atoms with Crippen LogP contribution in [0, 0.1) is 54.8 Å². The third-order valence-corrected chi connectivity index (χ3v) is 24.6. The van der Waals surface area contributed by atoms with Gasteiger partial charge in [-0.05, 0) is 242 Å². The van der Waals surface area contributed by atoms with Crippen molar-refractivity contribution in [3.8, 4) is 0 Å². The molecule has 3 aromatic carbocycles. The van der Waals surface area contributed by atoms with Gasteiger partial charge in [-0.3, -0.25) is 28.8 Å². The van der Waals surface area contributed by atoms with Crippen LogP contribution in [0.3, 0.4) is 0 Å². The first-order valence-electron chi connectivity index (χ1n) is 41.9. The second kappa shape index (κ2) is 35.1. The molecule has 2 amide bonds. The Hall–Kier alpha value is -8.09. The molecule has 3 atom stereocenters. The van der Waals surface area contributed by atoms with Crippen LogP contribution in [0.15, 0.2) is 68.2 Å². The maximum absolute atomic E-state index is 13.6. The number of carbonyl (C=O) groups excluding carboxylic acids is 4. The van der Waals surface area contributed by atoms with E-state index in [1.807, 2.05) is 21.9 Å². The SMILES string of the molecule is COC(=O)CCC(CC(=O)N1CCc2cc(C)ccc21)c1noc(C2CC(CC(C)(C)C)C2)c1C1CC1.COC(=O)CCC(CC(=O)O)c1noc(C2CC(CC(C)(C)C)C2)c1C1CC1.Cc1ccc2c(c1)CCN2.Cc1ccc2c(c1)CCN2C(=O)CC(CCC(=O)O)c1noc(C2CC(CC(C)(C)C)C2)c1C1CC1. The molecule has 3 unspecified atom stereocenters. The first-order chi connectivity index (χ1) is 52.7. The molecule has 9 aliphatic rings. The Morgan fingerprint density at radius 2 is 0.802 bits per heavy atom. The normalized spacial score (nSPS) is 21.7. The number of aliphatic carboxylic acids is 2. The number of carboxylic acid groups (broad SMARTS) is 2. The molecular formula is C92H126N6O13. The maximum Gasteiger partial charge on any atom is 0.305 e. The lowest BCUT2D eigenvalue weighted by Crippen LogP contribution is -2.30. The lowest BCUT2D eigenvalue weighted by molar-refractivity contribution is -0.142. The molecule has 0 saturated heterocycles. The number of hydrogen-bond donors (Lipinski definition) is 3. The topological polar surface area (TPSA) is 258 Å². The highest BCUT2D eigenvalue weighted by Gasteiger charge is 2.47. The summed E-state index contributed by atoms with van der Waals surface area (Å²) < 4.78 is 27.6. The zero-order chi connectivity index (χ0) is 79.4. The van der Waals surface area contributed by atoms with Gasteiger partial charge in [0.15, 0.2) is 0 Å². The van der Waals surface area contributed by atoms with Crippen molar-refractivity contribution in [3.05, 3.63) is 139 Å². The minimum atomic E-state index is -0.880. The van der Waals surface area contributed by atoms with Gasteiger partial charge in [0, 0.05) is 121 Å². The summed E-state index contributed by atoms with van der Waals surface area (Å²) in [7, 11) is 2.77. The van der Waals surface area contributed by atoms with Gasteiger partial charge in [-0.1, -0.05) is 131 Å². The van der Waals surface area contributed by atoms with Crippen molar-refractivity contribution < 1.29 is 62.0 Å². The van der Waals surface area contributed by atoms with Crippen molar-refractivity contribution >= 4 is 52.8 Å². The molecule has 19 heteroatoms. The van der Waals surface area contributed by atoms with Crippen LogP contribution in [0.4, 0.5) is 17.1 Å². The van der Waals surface area contributed by atoms with Gasteiger partial charge >= 0.3 is 23.9 Å². The highest BCUT2D eigenvalue weighted by molar-refractivity contribution is 5.97. The number of carboxylic acids is 2. The average Bonchev–Trinajstić information content (AvgIpc) is 1.63. The molecule has 0 radical (unpaired) electrons. The molecule has 3 aromatic heterocycles. The first kappa shape index (κ1) is 82.4. The number of methoxy groups -OCH3 is 2. The number of carbonyl (C=O) groups is 6. The molecule has 15 rings (SSSR count). The maximum atomic E-state index is 13.6. The number of aryl methyl sites for hydroxylation is 3. The van der Waals surface area contributed by atoms with Gasteiger partial charge in [0.2, 0.25) is 11.8 Å². The predicted octanol–water partition coefficient (Wildman–Crippen LogP) is 20.5. The number of nitrogens with one attached hydrogen (secondary N) is 1. The highest BCUT2D eigenvalue weighted by atomic mass is 16.5. The van der Waals surface area contributed by atoms with Crippen LogP contribution in [0.2, 0.25) is 0 Å². The summed E-state index contributed by atoms with van der Waals surface area (Å²) in [6.45, 7) is 29.5. The van der Waals surface area contributed by atoms with Crippen molar-refractivity contribution in [3.63, 3.8) is 0 Å². The number of nitrogens with zero attached hydrogens (tertiary/aromatic N) is 5. The van der Waals surface area contributed by atoms with E-state index < -0.39 is 11.9 Å². The number of esters is 2. The molecule has 19 nitrogen and oxygen atoms in total. The second-order valence-electron chi connectivity index (χ2n) is 38.2. The minimum Gasteiger partial charge on any atom is -0.481 e. The van der Waals surface area contributed by atoms with E-state index in [1.54, 1.807) is 0 Å². The summed E-state index contributed by atoms with van der Waals surface area (Å²) in [6.07, 6.45) is 22.6. The number of fused-ring (bicyclic) bond motifs is 3. The quantitative estimate of drug-likeness (QED) is 0.0405. The molecule has 6 heterocycles. The summed E-state index contributed by atoms with van der Waals surface area (Å²) in [5.41, 5.74) is 18.2. The number of hydrogen-bond acceptors (Lipinski definition) is 15. The molecule has 3 aliphatic heterocycles. The van der Waals surface area contributed by atoms with E-state index in [0.717, 1.165) is 165 Å². The van der Waals surface area contributed by atoms with E-state index in [9.17, 15) is 39.0 Å². The van der Waals surface area contributed by atoms with Gasteiger partial charge < -0.3 is 48.4 Å². The average molecular weight is 1520 g/mol. The molecule has 6 aliphatic carbocycles. The zero-order valence-electron chi connectivity index (χ0n) is 69.0. The van der Waals surface area contributed by atoms with E-state index in [1.165, 1.54) is 90.1 Å². The Labute approximate surface area is 658 Å². The predicted molar refractivity (Wildman–Crippen MR) is 431 cm³/mol. The summed E-state index contributed by atoms with van der Waals surface area (Å²) in [5.74, 6) is 4.98. The molecule has 6 saturated carbocycles. The Morgan fingerprint density at radius 3 is 1.14 bits per heavy atom. The smallest absolute Gasteiger partial charge is 0.305 e. The van der Waals surface area contributed by atoms with E-state index in [-0.39, 0.29) is 73.6 Å². The summed E-state index contributed by atoms with van der Waals surface area (Å²) in [6, 6.07) is 19.1. The monoisotopic (exact) mass is 1520 g/mol. The van der Waals surface area contributed by atoms with Crippen molar-refractivity contribution in [2.24, 2.45) is 34.0 Å². The standard InChI is InChI=1S/C31H42N2O4.C30H40N2O4.C22H33NO5.C9H11N/c1-19-6-10-25-22(14-19)12-13-33(25)26(34)17-23(9-11-27(35)36-5)29-28(21-7-8-21)30(37-32-29)24-15-20(16-24)18-31(2,3)4;1-18-5-9-24-21(13-18)11-12-32(24)25(33)16-22(8-10-26(34)35)28-27(20-6-7-20)29(36-31-28)23-14-19(15-23)17-30(2,3)4;1-22(2,3)12-13-9-16(10-13)21-19(14-5-6-14)20(23-28-21)15(11-17(24)25)7-8-18(26)27-4;1-7-2-3-9-8(6-7)4-5-10-9/h6,10,14,20-21,23-24H,7-9,11-13,15-18H2,1-5H3;5,9,13,19-20,22-23H,6-8,10-12,14-17H2,1-4H3,(H,34,35);13-16H,5-12H2,1-4H3,(H,24,25);2-3,6,10H,4-5H2,1H3. The molecule has 0 spiro atoms. The number of benzene rings is 3. The lowest BCUT2D eigenvalue weighted by atomic mass is 9.66. The zero-order valence-corrected chi connectivity index (χ0v) is 69.0. The Kier molecular flexibility index (Phi) is 26.1. The summed E-state index contributed by atoms with van der Waals surface area (Å²) in [4.78, 5) is 77.5. The Morgan fingerprint density at radius 1 is 0.459 bits per heavy atom. The van der Waals surface area contributed by atoms with Gasteiger partial charge in [0.1, 0.15) is 17.3 Å². The third kappa shape index (κ3) is 21.6. The van der Waals surface area contributed by atoms with Crippen molar-refractivity contribution in [1.82, 2.24) is 15.5 Å². The number of rotatable bonds is 27. The van der Waals surface area contributed by atoms with E-state index in [0.29, 0.717) is 90.5 Å². The van der Waals surface area contributed by atoms with Gasteiger partial charge in [0.25, 0.3) is 0 Å². The van der Waals surface area contributed by atoms with Crippen LogP contribution in [0.5, 0.6) is 0 Å². The van der Waals surface area contributed by atoms with E-state index >= 15 is 0 Å². The number of aromatic nitrogens is 3. The van der Waals surface area contributed by atoms with Gasteiger partial charge in [-0.25, -0.2) is 0 Å². The molecule has 3 N–H and O–H groups in total. The highest BCUT2D eigenvalue weighted by Crippen LogP contribution is 2.57. The van der Waals surface area contributed by atoms with Crippen LogP contribution in [-0.4, -0.2) is 95.2 Å². The van der Waals surface area contributed by atoms with Crippen LogP contribution in [0.25, 0.3) is 0 Å². The number of ether oxygens (including phenoxy) is 2. The fourth-order valence-corrected chi connectivity index (χ4v) is 19.0. The minimum absolute atomic E-state index is 0.0249. The molecule has 602 valence electrons. The largest absolute Gasteiger partial charge is 0.481 e. The summed E-state index contributed by atoms with van der Waals surface area (Å²) in [5, 5.41) is 35.6. The van der Waals surface area contributed by atoms with E-state index in [4.69, 9.17) is 23.0 Å². The van der Waals surface area contributed by atoms with Crippen molar-refractivity contribution in [2.75, 3.05) is 49.0 Å². The second-order valence-corrected chi connectivity index (χ2v) is 38.2. The fourth-order valence-electron chi connectivity index (χ4n) is 19.0. The van der Waals surface area contributed by atoms with Crippen LogP contribution >= 0.6 is 0 Å². The first-order valence-corrected chi connectivity index (χ1v) is 41.9. The Bertz CT molecular complexity index is 4260. The molecule has 6 fully saturated rings. The molecule has 0 bridgehead atoms. The Balaban J connectivity index is 0.000000146. The van der Waals surface area contributed by atoms with Crippen molar-refractivity contribution in [2.45, 2.75) is 310 Å². The van der Waals surface area contributed by atoms with Gasteiger partial charge in [-0.2, -0.15) is 0 Å². The van der Waals surface area contributed by atoms with Crippen LogP contribution in [0.1, 0.15) is 354 Å². The fraction of sp³-hybridized carbons (Fsp3) is 0.641. The van der Waals surface area contributed by atoms with E-state index in [2.05, 4.69) is 146 Å². The molecule has 111 heavy (non-hydrogen) atoms. The van der Waals surface area contributed by atoms with Gasteiger partial charge in [0.05, 0.1) is 37.7 Å². The van der Waals surface area contributed by atoms with Crippen molar-refractivity contribution in [1.29, 1.82) is 0 Å². The summed E-state index contributed by atoms with van der Waals surface area (Å²) >= 11 is 0. The molecular weight excluding hydrogens is 1400 g/mol. The van der Waals surface area contributed by atoms with Crippen LogP contribution < -0.4 is 15.1 Å². The number of amides is 2. The lowest BCUT2D eigenvalue weighted by Gasteiger charge is -2.38. The van der Waals surface area contributed by atoms with Crippen LogP contribution in [-0.2, 0) is 57.5 Å².